The molecule has 0 unspecified atom stereocenters. The zero-order chi connectivity index (χ0) is 21.0. The summed E-state index contributed by atoms with van der Waals surface area (Å²) in [6.07, 6.45) is 5.88. The molecule has 1 aliphatic carbocycles. The first kappa shape index (κ1) is 21.5. The van der Waals surface area contributed by atoms with Crippen LogP contribution in [0.3, 0.4) is 0 Å². The molecule has 1 aromatic rings. The van der Waals surface area contributed by atoms with Crippen LogP contribution in [0.2, 0.25) is 0 Å². The predicted molar refractivity (Wildman–Crippen MR) is 111 cm³/mol. The lowest BCUT2D eigenvalue weighted by Crippen LogP contribution is -2.54. The number of likely N-dealkylation sites (tertiary alicyclic amines) is 1. The lowest BCUT2D eigenvalue weighted by molar-refractivity contribution is -0.161. The number of nitrogens with zero attached hydrogens (tertiary/aromatic N) is 1. The molecule has 5 nitrogen and oxygen atoms in total. The minimum atomic E-state index is -0.704. The fourth-order valence-electron chi connectivity index (χ4n) is 4.48. The Kier molecular flexibility index (Phi) is 6.76. The van der Waals surface area contributed by atoms with Crippen LogP contribution in [0.25, 0.3) is 0 Å². The number of hydrogen-bond acceptors (Lipinski definition) is 4. The number of carbonyl (C=O) groups excluding carboxylic acids is 3. The molecule has 5 heteroatoms. The van der Waals surface area contributed by atoms with Crippen LogP contribution in [-0.4, -0.2) is 41.3 Å². The zero-order valence-electron chi connectivity index (χ0n) is 17.9. The Hall–Kier alpha value is -2.17. The van der Waals surface area contributed by atoms with Gasteiger partial charge in [-0.3, -0.25) is 9.59 Å². The van der Waals surface area contributed by atoms with Gasteiger partial charge in [0.1, 0.15) is 6.04 Å². The number of esters is 1. The van der Waals surface area contributed by atoms with Gasteiger partial charge in [0.2, 0.25) is 5.78 Å². The maximum Gasteiger partial charge on any atom is 0.329 e. The van der Waals surface area contributed by atoms with Crippen LogP contribution in [0.5, 0.6) is 0 Å². The second kappa shape index (κ2) is 9.10. The Morgan fingerprint density at radius 1 is 1.10 bits per heavy atom. The number of piperidine rings is 1. The third-order valence-electron chi connectivity index (χ3n) is 6.70. The number of amides is 1. The van der Waals surface area contributed by atoms with Crippen molar-refractivity contribution in [3.05, 3.63) is 35.9 Å². The smallest absolute Gasteiger partial charge is 0.329 e. The quantitative estimate of drug-likeness (QED) is 0.358. The number of rotatable bonds is 9. The van der Waals surface area contributed by atoms with Gasteiger partial charge in [0.25, 0.3) is 5.91 Å². The van der Waals surface area contributed by atoms with Gasteiger partial charge in [-0.15, -0.1) is 0 Å². The summed E-state index contributed by atoms with van der Waals surface area (Å²) < 4.78 is 5.54. The number of Topliss-reactive ketones (excluding diaryl/α,β-unsaturated/α-hetero) is 1. The standard InChI is InChI=1S/C24H33NO4/c1-4-24(2,3)21(26)22(27)25-19-14-13-18(16-19)20(25)23(28)29-15-9-8-12-17-10-6-5-7-11-17/h5-7,10-11,18-20H,4,8-9,12-16H2,1-3H3/t18-,19+,20-/m0/s1. The number of hydrogen-bond donors (Lipinski definition) is 0. The third kappa shape index (κ3) is 4.71. The van der Waals surface area contributed by atoms with E-state index < -0.39 is 23.1 Å². The SMILES string of the molecule is CCC(C)(C)C(=O)C(=O)N1[C@@H]2CC[C@@H](C2)[C@H]1C(=O)OCCCCc1ccccc1. The van der Waals surface area contributed by atoms with E-state index in [1.165, 1.54) is 5.56 Å². The molecule has 0 radical (unpaired) electrons. The number of ketones is 1. The van der Waals surface area contributed by atoms with Gasteiger partial charge in [0, 0.05) is 11.5 Å². The second-order valence-corrected chi connectivity index (χ2v) is 9.06. The summed E-state index contributed by atoms with van der Waals surface area (Å²) in [4.78, 5) is 40.0. The van der Waals surface area contributed by atoms with E-state index in [1.807, 2.05) is 25.1 Å². The highest BCUT2D eigenvalue weighted by atomic mass is 16.5. The van der Waals surface area contributed by atoms with Crippen molar-refractivity contribution < 1.29 is 19.1 Å². The molecule has 158 valence electrons. The summed E-state index contributed by atoms with van der Waals surface area (Å²) in [7, 11) is 0. The summed E-state index contributed by atoms with van der Waals surface area (Å²) in [5.41, 5.74) is 0.575. The third-order valence-corrected chi connectivity index (χ3v) is 6.70. The molecule has 2 bridgehead atoms. The molecular formula is C24H33NO4. The van der Waals surface area contributed by atoms with E-state index >= 15 is 0 Å². The minimum absolute atomic E-state index is 0.000244. The Morgan fingerprint density at radius 2 is 1.83 bits per heavy atom. The second-order valence-electron chi connectivity index (χ2n) is 9.06. The van der Waals surface area contributed by atoms with Gasteiger partial charge >= 0.3 is 5.97 Å². The number of carbonyl (C=O) groups is 3. The number of benzene rings is 1. The average Bonchev–Trinajstić information content (AvgIpc) is 3.34. The van der Waals surface area contributed by atoms with E-state index in [0.717, 1.165) is 38.5 Å². The van der Waals surface area contributed by atoms with Crippen LogP contribution in [0.15, 0.2) is 30.3 Å². The van der Waals surface area contributed by atoms with E-state index in [4.69, 9.17) is 4.74 Å². The van der Waals surface area contributed by atoms with Crippen molar-refractivity contribution in [3.63, 3.8) is 0 Å². The predicted octanol–water partition coefficient (Wildman–Crippen LogP) is 3.94. The van der Waals surface area contributed by atoms with Crippen molar-refractivity contribution in [2.24, 2.45) is 11.3 Å². The molecule has 0 N–H and O–H groups in total. The van der Waals surface area contributed by atoms with Crippen LogP contribution >= 0.6 is 0 Å². The summed E-state index contributed by atoms with van der Waals surface area (Å²) >= 11 is 0. The van der Waals surface area contributed by atoms with Crippen LogP contribution < -0.4 is 0 Å². The highest BCUT2D eigenvalue weighted by Gasteiger charge is 2.54. The summed E-state index contributed by atoms with van der Waals surface area (Å²) in [6, 6.07) is 9.65. The molecule has 1 aliphatic heterocycles. The van der Waals surface area contributed by atoms with Gasteiger partial charge in [-0.05, 0) is 56.4 Å². The molecule has 1 aromatic carbocycles. The van der Waals surface area contributed by atoms with Crippen molar-refractivity contribution in [1.29, 1.82) is 0 Å². The van der Waals surface area contributed by atoms with Gasteiger partial charge in [0.15, 0.2) is 0 Å². The monoisotopic (exact) mass is 399 g/mol. The van der Waals surface area contributed by atoms with E-state index in [1.54, 1.807) is 18.7 Å². The first-order chi connectivity index (χ1) is 13.8. The van der Waals surface area contributed by atoms with Crippen LogP contribution in [0.4, 0.5) is 0 Å². The lowest BCUT2D eigenvalue weighted by Gasteiger charge is -2.35. The van der Waals surface area contributed by atoms with Gasteiger partial charge in [-0.1, -0.05) is 51.1 Å². The van der Waals surface area contributed by atoms with E-state index in [2.05, 4.69) is 12.1 Å². The van der Waals surface area contributed by atoms with Crippen molar-refractivity contribution >= 4 is 17.7 Å². The van der Waals surface area contributed by atoms with Crippen molar-refractivity contribution in [3.8, 4) is 0 Å². The first-order valence-corrected chi connectivity index (χ1v) is 10.9. The highest BCUT2D eigenvalue weighted by Crippen LogP contribution is 2.43. The van der Waals surface area contributed by atoms with Crippen molar-refractivity contribution in [2.75, 3.05) is 6.61 Å². The highest BCUT2D eigenvalue weighted by molar-refractivity contribution is 6.38. The normalized spacial score (nSPS) is 23.3. The van der Waals surface area contributed by atoms with Crippen LogP contribution in [0.1, 0.15) is 64.9 Å². The van der Waals surface area contributed by atoms with Crippen LogP contribution in [-0.2, 0) is 25.5 Å². The van der Waals surface area contributed by atoms with E-state index in [9.17, 15) is 14.4 Å². The molecule has 1 heterocycles. The molecule has 2 fully saturated rings. The summed E-state index contributed by atoms with van der Waals surface area (Å²) in [5.74, 6) is -1.12. The minimum Gasteiger partial charge on any atom is -0.464 e. The Labute approximate surface area is 173 Å². The van der Waals surface area contributed by atoms with E-state index in [-0.39, 0.29) is 17.9 Å². The summed E-state index contributed by atoms with van der Waals surface area (Å²) in [6.45, 7) is 5.85. The Bertz CT molecular complexity index is 743. The molecule has 1 amide bonds. The van der Waals surface area contributed by atoms with Gasteiger partial charge in [-0.25, -0.2) is 4.79 Å². The fraction of sp³-hybridized carbons (Fsp3) is 0.625. The van der Waals surface area contributed by atoms with Gasteiger partial charge in [-0.2, -0.15) is 0 Å². The molecule has 29 heavy (non-hydrogen) atoms. The summed E-state index contributed by atoms with van der Waals surface area (Å²) in [5, 5.41) is 0. The fourth-order valence-corrected chi connectivity index (χ4v) is 4.48. The first-order valence-electron chi connectivity index (χ1n) is 10.9. The topological polar surface area (TPSA) is 63.7 Å². The maximum atomic E-state index is 13.0. The molecular weight excluding hydrogens is 366 g/mol. The van der Waals surface area contributed by atoms with E-state index in [0.29, 0.717) is 13.0 Å². The maximum absolute atomic E-state index is 13.0. The number of unbranched alkanes of at least 4 members (excludes halogenated alkanes) is 1. The number of ether oxygens (including phenoxy) is 1. The molecule has 2 aliphatic rings. The molecule has 3 atom stereocenters. The molecule has 0 aromatic heterocycles. The zero-order valence-corrected chi connectivity index (χ0v) is 17.9. The van der Waals surface area contributed by atoms with Gasteiger partial charge in [0.05, 0.1) is 6.61 Å². The molecule has 3 rings (SSSR count). The Balaban J connectivity index is 1.54. The lowest BCUT2D eigenvalue weighted by atomic mass is 9.84. The number of aryl methyl sites for hydroxylation is 1. The number of fused-ring (bicyclic) bond motifs is 2. The van der Waals surface area contributed by atoms with Gasteiger partial charge < -0.3 is 9.64 Å². The largest absolute Gasteiger partial charge is 0.464 e. The van der Waals surface area contributed by atoms with Crippen molar-refractivity contribution in [1.82, 2.24) is 4.90 Å². The molecule has 0 spiro atoms. The van der Waals surface area contributed by atoms with Crippen LogP contribution in [0, 0.1) is 11.3 Å². The molecule has 1 saturated carbocycles. The average molecular weight is 400 g/mol. The Morgan fingerprint density at radius 3 is 2.52 bits per heavy atom. The van der Waals surface area contributed by atoms with Crippen molar-refractivity contribution in [2.45, 2.75) is 77.8 Å². The molecule has 1 saturated heterocycles.